The number of fused-ring (bicyclic) bond motifs is 3. The number of aliphatic hydroxyl groups excluding tert-OH is 1. The van der Waals surface area contributed by atoms with E-state index in [9.17, 15) is 39.0 Å². The smallest absolute Gasteiger partial charge is 0.408 e. The van der Waals surface area contributed by atoms with Gasteiger partial charge in [-0.05, 0) is 107 Å². The topological polar surface area (TPSA) is 214 Å². The Balaban J connectivity index is 1.77. The minimum absolute atomic E-state index is 0.0491. The third-order valence-corrected chi connectivity index (χ3v) is 15.0. The number of nitrogens with zero attached hydrogens (tertiary/aromatic N) is 1. The highest BCUT2D eigenvalue weighted by atomic mass is 16.6. The summed E-state index contributed by atoms with van der Waals surface area (Å²) in [4.78, 5) is 85.9. The van der Waals surface area contributed by atoms with Crippen LogP contribution < -0.4 is 5.32 Å². The van der Waals surface area contributed by atoms with Gasteiger partial charge in [0.25, 0.3) is 11.7 Å². The zero-order chi connectivity index (χ0) is 52.6. The van der Waals surface area contributed by atoms with Crippen LogP contribution in [0.5, 0.6) is 0 Å². The Hall–Kier alpha value is -4.50. The zero-order valence-corrected chi connectivity index (χ0v) is 43.8. The normalized spacial score (nSPS) is 37.7. The molecule has 1 saturated carbocycles. The lowest BCUT2D eigenvalue weighted by atomic mass is 9.78. The number of Topliss-reactive ketones (excluding diaryl/α,β-unsaturated/α-hetero) is 3. The molecular formula is C55H82N2O14. The van der Waals surface area contributed by atoms with Crippen molar-refractivity contribution in [1.82, 2.24) is 10.2 Å². The van der Waals surface area contributed by atoms with E-state index in [-0.39, 0.29) is 61.4 Å². The molecule has 396 valence electrons. The molecule has 15 atom stereocenters. The highest BCUT2D eigenvalue weighted by Gasteiger charge is 2.53. The lowest BCUT2D eigenvalue weighted by Crippen LogP contribution is -2.61. The molecule has 71 heavy (non-hydrogen) atoms. The number of methoxy groups -OCH3 is 3. The van der Waals surface area contributed by atoms with Gasteiger partial charge < -0.3 is 48.9 Å². The Morgan fingerprint density at radius 3 is 2.32 bits per heavy atom. The number of ketones is 3. The molecule has 4 aliphatic rings. The molecule has 2 amide bonds. The van der Waals surface area contributed by atoms with Crippen molar-refractivity contribution in [1.29, 1.82) is 0 Å². The lowest BCUT2D eigenvalue weighted by Gasteiger charge is -2.42. The molecule has 0 aromatic heterocycles. The maximum Gasteiger partial charge on any atom is 0.408 e. The first-order chi connectivity index (χ1) is 33.7. The van der Waals surface area contributed by atoms with Gasteiger partial charge in [-0.25, -0.2) is 9.59 Å². The SMILES string of the molecule is C#CCNC(=O)O[C@@H]1/C(C)=C/[C@@H](C)C(=O)C[C@@H]([C@H](C)C[C@@H]2CC[C@@H](O)C(OC)C2)OC(=O)[C@@H]2CCCCN2C(=O)C(=O)[C@]2(O)O[C@@H](CC[C@H]2C)C[C@H](OC)/C(C)=C/C=C/C=C/[C@@H](C)C[C@@H](C)C(=O)[C@@H]1OC. The largest absolute Gasteiger partial charge is 0.460 e. The van der Waals surface area contributed by atoms with Crippen LogP contribution in [0.1, 0.15) is 126 Å². The quantitative estimate of drug-likeness (QED) is 0.102. The average Bonchev–Trinajstić information content (AvgIpc) is 3.34. The van der Waals surface area contributed by atoms with Crippen molar-refractivity contribution in [3.8, 4) is 12.3 Å². The molecule has 0 spiro atoms. The number of nitrogens with one attached hydrogen (secondary N) is 1. The van der Waals surface area contributed by atoms with Gasteiger partial charge in [-0.2, -0.15) is 0 Å². The molecular weight excluding hydrogens is 913 g/mol. The third kappa shape index (κ3) is 16.2. The first kappa shape index (κ1) is 59.1. The van der Waals surface area contributed by atoms with E-state index >= 15 is 0 Å². The Morgan fingerprint density at radius 2 is 1.65 bits per heavy atom. The van der Waals surface area contributed by atoms with Crippen LogP contribution in [0.25, 0.3) is 0 Å². The summed E-state index contributed by atoms with van der Waals surface area (Å²) in [5.74, 6) is -6.20. The van der Waals surface area contributed by atoms with E-state index < -0.39 is 90.0 Å². The second-order valence-corrected chi connectivity index (χ2v) is 20.5. The number of allylic oxidation sites excluding steroid dienone is 6. The Kier molecular flexibility index (Phi) is 23.4. The second kappa shape index (κ2) is 28.1. The van der Waals surface area contributed by atoms with Crippen LogP contribution in [-0.2, 0) is 52.4 Å². The molecule has 3 aliphatic heterocycles. The first-order valence-electron chi connectivity index (χ1n) is 25.6. The van der Waals surface area contributed by atoms with E-state index in [1.54, 1.807) is 48.0 Å². The van der Waals surface area contributed by atoms with Crippen molar-refractivity contribution in [2.45, 2.75) is 180 Å². The van der Waals surface area contributed by atoms with Gasteiger partial charge in [0, 0.05) is 58.5 Å². The fourth-order valence-corrected chi connectivity index (χ4v) is 10.5. The van der Waals surface area contributed by atoms with E-state index in [0.717, 1.165) is 5.57 Å². The standard InChI is InChI=1S/C55H82N2O14/c1-12-25-56-54(64)70-49-38(7)28-35(4)44(59)32-46(36(5)29-40-22-24-43(58)47(30-40)67-10)69-53(63)42-20-16-17-26-57(42)52(62)51(61)55(65)39(8)21-23-41(71-55)31-45(66-9)34(3)19-15-13-14-18-33(2)27-37(6)48(60)50(49)68-11/h1,13-15,18-19,28,33,35-37,39-43,45-47,49-50,58,65H,16-17,20-27,29-32H2,2-11H3,(H,56,64)/b15-13+,18-14+,34-19+,38-28+/t33-,35-,36-,37-,39-,40+,41+,42+,43-,45+,46+,47?,49-,50+,55-/m1/s1. The molecule has 16 nitrogen and oxygen atoms in total. The minimum atomic E-state index is -2.45. The molecule has 16 heteroatoms. The second-order valence-electron chi connectivity index (χ2n) is 20.5. The monoisotopic (exact) mass is 995 g/mol. The number of hydrogen-bond acceptors (Lipinski definition) is 14. The first-order valence-corrected chi connectivity index (χ1v) is 25.6. The van der Waals surface area contributed by atoms with Gasteiger partial charge in [0.15, 0.2) is 18.0 Å². The number of aliphatic hydroxyl groups is 2. The summed E-state index contributed by atoms with van der Waals surface area (Å²) in [5, 5.41) is 25.0. The number of piperidine rings is 1. The molecule has 1 unspecified atom stereocenters. The van der Waals surface area contributed by atoms with Crippen LogP contribution in [0.3, 0.4) is 0 Å². The predicted molar refractivity (Wildman–Crippen MR) is 266 cm³/mol. The van der Waals surface area contributed by atoms with Crippen LogP contribution in [0.15, 0.2) is 47.6 Å². The van der Waals surface area contributed by atoms with Crippen molar-refractivity contribution in [3.63, 3.8) is 0 Å². The highest BCUT2D eigenvalue weighted by molar-refractivity contribution is 6.39. The molecule has 1 aliphatic carbocycles. The van der Waals surface area contributed by atoms with Crippen LogP contribution in [0, 0.1) is 47.9 Å². The van der Waals surface area contributed by atoms with E-state index in [1.807, 2.05) is 51.2 Å². The van der Waals surface area contributed by atoms with Crippen molar-refractivity contribution in [2.24, 2.45) is 35.5 Å². The Labute approximate surface area is 421 Å². The number of alkyl carbamates (subject to hydrolysis) is 1. The van der Waals surface area contributed by atoms with Gasteiger partial charge >= 0.3 is 12.1 Å². The van der Waals surface area contributed by atoms with E-state index in [2.05, 4.69) is 11.2 Å². The van der Waals surface area contributed by atoms with E-state index in [4.69, 9.17) is 34.8 Å². The third-order valence-electron chi connectivity index (χ3n) is 15.0. The minimum Gasteiger partial charge on any atom is -0.460 e. The van der Waals surface area contributed by atoms with Gasteiger partial charge in [-0.1, -0.05) is 77.0 Å². The summed E-state index contributed by atoms with van der Waals surface area (Å²) in [5.41, 5.74) is 1.23. The molecule has 3 fully saturated rings. The number of terminal acetylenes is 1. The summed E-state index contributed by atoms with van der Waals surface area (Å²) < 4.78 is 35.5. The van der Waals surface area contributed by atoms with Crippen molar-refractivity contribution in [3.05, 3.63) is 47.6 Å². The summed E-state index contributed by atoms with van der Waals surface area (Å²) in [6, 6.07) is -1.18. The number of esters is 1. The van der Waals surface area contributed by atoms with Crippen LogP contribution in [0.2, 0.25) is 0 Å². The summed E-state index contributed by atoms with van der Waals surface area (Å²) in [6.07, 6.45) is 15.0. The van der Waals surface area contributed by atoms with Gasteiger partial charge in [-0.15, -0.1) is 6.42 Å². The van der Waals surface area contributed by atoms with Crippen LogP contribution >= 0.6 is 0 Å². The van der Waals surface area contributed by atoms with Crippen molar-refractivity contribution < 1.29 is 67.4 Å². The number of ether oxygens (including phenoxy) is 6. The van der Waals surface area contributed by atoms with E-state index in [0.29, 0.717) is 69.8 Å². The number of carbonyl (C=O) groups is 6. The number of cyclic esters (lactones) is 1. The van der Waals surface area contributed by atoms with Gasteiger partial charge in [0.1, 0.15) is 17.9 Å². The molecule has 0 aromatic rings. The number of rotatable bonds is 8. The average molecular weight is 995 g/mol. The van der Waals surface area contributed by atoms with Crippen molar-refractivity contribution in [2.75, 3.05) is 34.4 Å². The van der Waals surface area contributed by atoms with E-state index in [1.165, 1.54) is 12.0 Å². The summed E-state index contributed by atoms with van der Waals surface area (Å²) >= 11 is 0. The van der Waals surface area contributed by atoms with Crippen molar-refractivity contribution >= 4 is 35.3 Å². The van der Waals surface area contributed by atoms with Gasteiger partial charge in [0.05, 0.1) is 31.0 Å². The zero-order valence-electron chi connectivity index (χ0n) is 43.8. The molecule has 2 bridgehead atoms. The lowest BCUT2D eigenvalue weighted by molar-refractivity contribution is -0.265. The maximum atomic E-state index is 14.5. The molecule has 2 saturated heterocycles. The summed E-state index contributed by atoms with van der Waals surface area (Å²) in [6.45, 7) is 12.5. The molecule has 3 N–H and O–H groups in total. The fraction of sp³-hybridized carbons (Fsp3) is 0.709. The van der Waals surface area contributed by atoms with Gasteiger partial charge in [0.2, 0.25) is 5.79 Å². The number of amides is 2. The fourth-order valence-electron chi connectivity index (χ4n) is 10.5. The Bertz CT molecular complexity index is 2010. The molecule has 0 radical (unpaired) electrons. The molecule has 4 rings (SSSR count). The van der Waals surface area contributed by atoms with Crippen LogP contribution in [0.4, 0.5) is 4.79 Å². The summed E-state index contributed by atoms with van der Waals surface area (Å²) in [7, 11) is 4.48. The predicted octanol–water partition coefficient (Wildman–Crippen LogP) is 6.55. The number of hydrogen-bond donors (Lipinski definition) is 3. The Morgan fingerprint density at radius 1 is 0.915 bits per heavy atom. The highest BCUT2D eigenvalue weighted by Crippen LogP contribution is 2.38. The maximum absolute atomic E-state index is 14.5. The number of carbonyl (C=O) groups excluding carboxylic acids is 6. The molecule has 0 aromatic carbocycles. The van der Waals surface area contributed by atoms with Gasteiger partial charge in [-0.3, -0.25) is 19.2 Å². The van der Waals surface area contributed by atoms with Crippen LogP contribution in [-0.4, -0.2) is 139 Å². The molecule has 3 heterocycles.